The summed E-state index contributed by atoms with van der Waals surface area (Å²) < 4.78 is 3.92. The molecule has 1 unspecified atom stereocenters. The molecular formula is C24H27N5OP+. The standard InChI is InChI=1S/C24H27N5OP/c1-31(2)22-5-3-18(4-6-22)17-30-29-12-9-23-24(29)13-19(14-26-23)20-15-27-28(16-20)21-7-10-25-11-8-21/h3-6,9,12-16,21,25H,1,7-8,10-11,17H2,2H3/q+1. The van der Waals surface area contributed by atoms with E-state index in [1.54, 1.807) is 0 Å². The number of fused-ring (bicyclic) bond motifs is 1. The number of aromatic nitrogens is 4. The third-order valence-electron chi connectivity index (χ3n) is 5.87. The van der Waals surface area contributed by atoms with Crippen LogP contribution >= 0.6 is 7.55 Å². The number of hydrogen-bond donors (Lipinski definition) is 1. The third kappa shape index (κ3) is 4.27. The zero-order valence-electron chi connectivity index (χ0n) is 17.7. The fraction of sp³-hybridized carbons (Fsp3) is 0.292. The van der Waals surface area contributed by atoms with E-state index in [2.05, 4.69) is 69.6 Å². The normalized spacial score (nSPS) is 15.3. The van der Waals surface area contributed by atoms with Gasteiger partial charge in [-0.25, -0.2) is 0 Å². The Morgan fingerprint density at radius 2 is 1.94 bits per heavy atom. The molecule has 1 aliphatic heterocycles. The van der Waals surface area contributed by atoms with Crippen LogP contribution in [0.3, 0.4) is 0 Å². The van der Waals surface area contributed by atoms with E-state index >= 15 is 0 Å². The van der Waals surface area contributed by atoms with Crippen LogP contribution in [0.15, 0.2) is 61.2 Å². The van der Waals surface area contributed by atoms with Gasteiger partial charge in [0.2, 0.25) is 0 Å². The van der Waals surface area contributed by atoms with E-state index in [9.17, 15) is 0 Å². The van der Waals surface area contributed by atoms with Crippen LogP contribution in [-0.2, 0) is 6.61 Å². The van der Waals surface area contributed by atoms with Crippen molar-refractivity contribution in [2.45, 2.75) is 25.5 Å². The van der Waals surface area contributed by atoms with E-state index in [0.29, 0.717) is 12.6 Å². The van der Waals surface area contributed by atoms with Gasteiger partial charge in [0.15, 0.2) is 0 Å². The highest BCUT2D eigenvalue weighted by atomic mass is 31.1. The van der Waals surface area contributed by atoms with Crippen LogP contribution < -0.4 is 15.5 Å². The van der Waals surface area contributed by atoms with Gasteiger partial charge in [-0.2, -0.15) is 9.83 Å². The Hall–Kier alpha value is -2.95. The van der Waals surface area contributed by atoms with E-state index in [4.69, 9.17) is 4.84 Å². The molecule has 0 aliphatic carbocycles. The van der Waals surface area contributed by atoms with Crippen LogP contribution in [0.2, 0.25) is 0 Å². The first-order valence-electron chi connectivity index (χ1n) is 10.7. The topological polar surface area (TPSA) is 56.9 Å². The zero-order valence-corrected chi connectivity index (χ0v) is 18.6. The summed E-state index contributed by atoms with van der Waals surface area (Å²) in [6, 6.07) is 13.1. The third-order valence-corrected chi connectivity index (χ3v) is 7.05. The van der Waals surface area contributed by atoms with Crippen molar-refractivity contribution in [2.75, 3.05) is 19.8 Å². The van der Waals surface area contributed by atoms with Gasteiger partial charge in [-0.05, 0) is 55.8 Å². The van der Waals surface area contributed by atoms with E-state index in [1.165, 1.54) is 5.30 Å². The molecule has 4 heterocycles. The maximum absolute atomic E-state index is 6.08. The van der Waals surface area contributed by atoms with Crippen molar-refractivity contribution in [3.05, 3.63) is 66.7 Å². The minimum Gasteiger partial charge on any atom is -0.409 e. The number of hydrogen-bond acceptors (Lipinski definition) is 4. The van der Waals surface area contributed by atoms with E-state index in [-0.39, 0.29) is 7.55 Å². The lowest BCUT2D eigenvalue weighted by molar-refractivity contribution is 0.107. The number of nitrogens with one attached hydrogen (secondary N) is 1. The molecule has 1 aliphatic rings. The van der Waals surface area contributed by atoms with Crippen LogP contribution in [0.1, 0.15) is 24.4 Å². The smallest absolute Gasteiger partial charge is 0.147 e. The minimum atomic E-state index is -0.320. The second kappa shape index (κ2) is 8.66. The first-order chi connectivity index (χ1) is 15.2. The van der Waals surface area contributed by atoms with Gasteiger partial charge in [0.1, 0.15) is 31.6 Å². The van der Waals surface area contributed by atoms with Gasteiger partial charge in [0.05, 0.1) is 24.1 Å². The molecule has 1 aromatic carbocycles. The quantitative estimate of drug-likeness (QED) is 0.473. The Kier molecular flexibility index (Phi) is 5.58. The lowest BCUT2D eigenvalue weighted by Gasteiger charge is -2.22. The average Bonchev–Trinajstić information content (AvgIpc) is 3.46. The van der Waals surface area contributed by atoms with Gasteiger partial charge < -0.3 is 10.2 Å². The predicted molar refractivity (Wildman–Crippen MR) is 128 cm³/mol. The molecule has 31 heavy (non-hydrogen) atoms. The van der Waals surface area contributed by atoms with E-state index < -0.39 is 0 Å². The molecule has 3 aromatic heterocycles. The number of nitrogens with zero attached hydrogens (tertiary/aromatic N) is 4. The Labute approximate surface area is 183 Å². The largest absolute Gasteiger partial charge is 0.409 e. The number of benzene rings is 1. The lowest BCUT2D eigenvalue weighted by atomic mass is 10.1. The number of rotatable bonds is 6. The predicted octanol–water partition coefficient (Wildman–Crippen LogP) is 3.62. The fourth-order valence-electron chi connectivity index (χ4n) is 4.01. The van der Waals surface area contributed by atoms with Crippen LogP contribution in [0, 0.1) is 0 Å². The molecule has 4 aromatic rings. The van der Waals surface area contributed by atoms with Gasteiger partial charge in [-0.15, -0.1) is 0 Å². The molecule has 1 saturated heterocycles. The van der Waals surface area contributed by atoms with E-state index in [1.807, 2.05) is 29.4 Å². The Bertz CT molecular complexity index is 1200. The molecule has 7 heteroatoms. The van der Waals surface area contributed by atoms with Crippen LogP contribution in [-0.4, -0.2) is 45.5 Å². The van der Waals surface area contributed by atoms with Gasteiger partial charge in [0, 0.05) is 29.7 Å². The molecule has 0 bridgehead atoms. The second-order valence-electron chi connectivity index (χ2n) is 8.10. The van der Waals surface area contributed by atoms with Crippen molar-refractivity contribution in [1.82, 2.24) is 24.8 Å². The van der Waals surface area contributed by atoms with Crippen molar-refractivity contribution in [2.24, 2.45) is 0 Å². The monoisotopic (exact) mass is 432 g/mol. The summed E-state index contributed by atoms with van der Waals surface area (Å²) in [6.45, 7) is 4.76. The average molecular weight is 432 g/mol. The summed E-state index contributed by atoms with van der Waals surface area (Å²) in [5, 5.41) is 9.32. The Balaban J connectivity index is 1.34. The SMILES string of the molecule is C=[P+](C)c1ccc(COn2ccc3ncc(-c4cnn(C5CCNCC5)c4)cc32)cc1. The van der Waals surface area contributed by atoms with Crippen LogP contribution in [0.5, 0.6) is 0 Å². The summed E-state index contributed by atoms with van der Waals surface area (Å²) in [5.41, 5.74) is 5.14. The summed E-state index contributed by atoms with van der Waals surface area (Å²) in [4.78, 5) is 10.7. The molecule has 0 spiro atoms. The molecular weight excluding hydrogens is 405 g/mol. The molecule has 158 valence electrons. The minimum absolute atomic E-state index is 0.320. The van der Waals surface area contributed by atoms with Crippen molar-refractivity contribution in [1.29, 1.82) is 0 Å². The van der Waals surface area contributed by atoms with E-state index in [0.717, 1.165) is 53.7 Å². The zero-order chi connectivity index (χ0) is 21.2. The fourth-order valence-corrected chi connectivity index (χ4v) is 4.66. The highest BCUT2D eigenvalue weighted by Crippen LogP contribution is 2.25. The molecule has 5 rings (SSSR count). The Morgan fingerprint density at radius 3 is 2.71 bits per heavy atom. The maximum atomic E-state index is 6.08. The second-order valence-corrected chi connectivity index (χ2v) is 10.0. The van der Waals surface area contributed by atoms with Crippen LogP contribution in [0.25, 0.3) is 22.2 Å². The maximum Gasteiger partial charge on any atom is 0.147 e. The molecule has 1 fully saturated rings. The first kappa shape index (κ1) is 20.0. The molecule has 0 saturated carbocycles. The molecule has 1 atom stereocenters. The molecule has 6 nitrogen and oxygen atoms in total. The van der Waals surface area contributed by atoms with Crippen molar-refractivity contribution >= 4 is 30.2 Å². The van der Waals surface area contributed by atoms with Gasteiger partial charge in [-0.3, -0.25) is 9.67 Å². The van der Waals surface area contributed by atoms with Gasteiger partial charge in [-0.1, -0.05) is 12.1 Å². The van der Waals surface area contributed by atoms with Crippen LogP contribution in [0.4, 0.5) is 0 Å². The highest BCUT2D eigenvalue weighted by Gasteiger charge is 2.16. The molecule has 1 N–H and O–H groups in total. The van der Waals surface area contributed by atoms with Crippen molar-refractivity contribution in [3.63, 3.8) is 0 Å². The lowest BCUT2D eigenvalue weighted by Crippen LogP contribution is -2.29. The summed E-state index contributed by atoms with van der Waals surface area (Å²) in [6.07, 6.45) is 14.3. The summed E-state index contributed by atoms with van der Waals surface area (Å²) in [7, 11) is -0.320. The van der Waals surface area contributed by atoms with Crippen molar-refractivity contribution in [3.8, 4) is 11.1 Å². The summed E-state index contributed by atoms with van der Waals surface area (Å²) in [5.74, 6) is 0. The molecule has 0 radical (unpaired) electrons. The molecule has 0 amide bonds. The van der Waals surface area contributed by atoms with Gasteiger partial charge in [0.25, 0.3) is 0 Å². The highest BCUT2D eigenvalue weighted by molar-refractivity contribution is 7.62. The number of piperidine rings is 1. The van der Waals surface area contributed by atoms with Gasteiger partial charge >= 0.3 is 0 Å². The summed E-state index contributed by atoms with van der Waals surface area (Å²) >= 11 is 0. The van der Waals surface area contributed by atoms with Crippen molar-refractivity contribution < 1.29 is 4.84 Å². The first-order valence-corrected chi connectivity index (χ1v) is 12.6. The Morgan fingerprint density at radius 1 is 1.13 bits per heavy atom. The number of pyridine rings is 1.